The highest BCUT2D eigenvalue weighted by Gasteiger charge is 2.16. The summed E-state index contributed by atoms with van der Waals surface area (Å²) in [5, 5.41) is 0. The molecule has 0 saturated carbocycles. The lowest BCUT2D eigenvalue weighted by molar-refractivity contribution is 0.390. The lowest BCUT2D eigenvalue weighted by atomic mass is 9.97. The summed E-state index contributed by atoms with van der Waals surface area (Å²) in [4.78, 5) is 0. The standard InChI is InChI=1S/C16H18FNO2/c1-10-4-5-11(8-14(10)17)16(18)13-7-6-12(19-2)9-15(13)20-3/h4-9,16H,18H2,1-3H3. The summed E-state index contributed by atoms with van der Waals surface area (Å²) in [6.45, 7) is 1.72. The Hall–Kier alpha value is -2.07. The molecule has 0 heterocycles. The molecule has 0 aliphatic rings. The fourth-order valence-electron chi connectivity index (χ4n) is 2.06. The van der Waals surface area contributed by atoms with Gasteiger partial charge >= 0.3 is 0 Å². The molecule has 1 unspecified atom stereocenters. The van der Waals surface area contributed by atoms with Crippen molar-refractivity contribution < 1.29 is 13.9 Å². The van der Waals surface area contributed by atoms with E-state index < -0.39 is 6.04 Å². The average molecular weight is 275 g/mol. The van der Waals surface area contributed by atoms with Gasteiger partial charge in [-0.25, -0.2) is 4.39 Å². The van der Waals surface area contributed by atoms with Crippen LogP contribution in [0.3, 0.4) is 0 Å². The SMILES string of the molecule is COc1ccc(C(N)c2ccc(C)c(F)c2)c(OC)c1. The molecule has 4 heteroatoms. The van der Waals surface area contributed by atoms with Crippen molar-refractivity contribution in [3.8, 4) is 11.5 Å². The second-order valence-electron chi connectivity index (χ2n) is 4.59. The molecule has 0 spiro atoms. The molecule has 1 atom stereocenters. The number of aryl methyl sites for hydroxylation is 1. The van der Waals surface area contributed by atoms with Crippen molar-refractivity contribution in [1.82, 2.24) is 0 Å². The van der Waals surface area contributed by atoms with Gasteiger partial charge in [-0.3, -0.25) is 0 Å². The first-order valence-corrected chi connectivity index (χ1v) is 6.30. The number of rotatable bonds is 4. The summed E-state index contributed by atoms with van der Waals surface area (Å²) in [5.74, 6) is 1.05. The van der Waals surface area contributed by atoms with Crippen molar-refractivity contribution in [3.05, 3.63) is 58.9 Å². The zero-order chi connectivity index (χ0) is 14.7. The maximum atomic E-state index is 13.6. The van der Waals surface area contributed by atoms with E-state index in [0.29, 0.717) is 22.6 Å². The molecule has 0 aliphatic carbocycles. The Bertz CT molecular complexity index is 613. The van der Waals surface area contributed by atoms with Crippen molar-refractivity contribution in [2.45, 2.75) is 13.0 Å². The van der Waals surface area contributed by atoms with E-state index in [0.717, 1.165) is 5.56 Å². The first kappa shape index (κ1) is 14.3. The summed E-state index contributed by atoms with van der Waals surface area (Å²) in [5.41, 5.74) is 8.31. The summed E-state index contributed by atoms with van der Waals surface area (Å²) in [7, 11) is 3.16. The van der Waals surface area contributed by atoms with Crippen LogP contribution >= 0.6 is 0 Å². The zero-order valence-corrected chi connectivity index (χ0v) is 11.8. The van der Waals surface area contributed by atoms with Crippen LogP contribution in [-0.4, -0.2) is 14.2 Å². The number of benzene rings is 2. The highest BCUT2D eigenvalue weighted by molar-refractivity contribution is 5.46. The summed E-state index contributed by atoms with van der Waals surface area (Å²) in [6.07, 6.45) is 0. The zero-order valence-electron chi connectivity index (χ0n) is 11.8. The molecule has 0 bridgehead atoms. The van der Waals surface area contributed by atoms with Crippen molar-refractivity contribution in [3.63, 3.8) is 0 Å². The molecule has 2 N–H and O–H groups in total. The van der Waals surface area contributed by atoms with Gasteiger partial charge in [0.15, 0.2) is 0 Å². The molecule has 2 aromatic rings. The molecule has 0 aromatic heterocycles. The molecule has 0 amide bonds. The van der Waals surface area contributed by atoms with E-state index in [1.54, 1.807) is 33.3 Å². The first-order valence-electron chi connectivity index (χ1n) is 6.30. The Labute approximate surface area is 118 Å². The van der Waals surface area contributed by atoms with E-state index in [9.17, 15) is 4.39 Å². The largest absolute Gasteiger partial charge is 0.497 e. The minimum absolute atomic E-state index is 0.259. The van der Waals surface area contributed by atoms with Crippen LogP contribution in [0.4, 0.5) is 4.39 Å². The van der Waals surface area contributed by atoms with Gasteiger partial charge in [-0.1, -0.05) is 12.1 Å². The van der Waals surface area contributed by atoms with E-state index in [2.05, 4.69) is 0 Å². The predicted octanol–water partition coefficient (Wildman–Crippen LogP) is 3.20. The van der Waals surface area contributed by atoms with Crippen LogP contribution < -0.4 is 15.2 Å². The molecule has 0 radical (unpaired) electrons. The third kappa shape index (κ3) is 2.75. The van der Waals surface area contributed by atoms with Gasteiger partial charge in [0, 0.05) is 11.6 Å². The summed E-state index contributed by atoms with van der Waals surface area (Å²) < 4.78 is 24.1. The van der Waals surface area contributed by atoms with Crippen LogP contribution in [0.1, 0.15) is 22.7 Å². The third-order valence-corrected chi connectivity index (χ3v) is 3.33. The molecule has 106 valence electrons. The molecular weight excluding hydrogens is 257 g/mol. The van der Waals surface area contributed by atoms with Gasteiger partial charge in [-0.15, -0.1) is 0 Å². The van der Waals surface area contributed by atoms with Crippen LogP contribution in [0.15, 0.2) is 36.4 Å². The Morgan fingerprint density at radius 1 is 1.05 bits per heavy atom. The Morgan fingerprint density at radius 3 is 2.40 bits per heavy atom. The van der Waals surface area contributed by atoms with E-state index in [4.69, 9.17) is 15.2 Å². The highest BCUT2D eigenvalue weighted by atomic mass is 19.1. The summed E-state index contributed by atoms with van der Waals surface area (Å²) in [6, 6.07) is 9.96. The van der Waals surface area contributed by atoms with E-state index in [-0.39, 0.29) is 5.82 Å². The minimum atomic E-state index is -0.453. The van der Waals surface area contributed by atoms with Gasteiger partial charge in [0.1, 0.15) is 17.3 Å². The predicted molar refractivity (Wildman–Crippen MR) is 76.7 cm³/mol. The van der Waals surface area contributed by atoms with Crippen molar-refractivity contribution in [2.24, 2.45) is 5.73 Å². The van der Waals surface area contributed by atoms with Crippen LogP contribution in [0, 0.1) is 12.7 Å². The Kier molecular flexibility index (Phi) is 4.25. The van der Waals surface area contributed by atoms with Gasteiger partial charge in [0.25, 0.3) is 0 Å². The first-order chi connectivity index (χ1) is 9.56. The number of hydrogen-bond donors (Lipinski definition) is 1. The van der Waals surface area contributed by atoms with E-state index >= 15 is 0 Å². The van der Waals surface area contributed by atoms with Crippen molar-refractivity contribution in [2.75, 3.05) is 14.2 Å². The molecule has 0 saturated heterocycles. The number of nitrogens with two attached hydrogens (primary N) is 1. The fourth-order valence-corrected chi connectivity index (χ4v) is 2.06. The maximum absolute atomic E-state index is 13.6. The van der Waals surface area contributed by atoms with Gasteiger partial charge in [-0.05, 0) is 36.2 Å². The second-order valence-corrected chi connectivity index (χ2v) is 4.59. The molecule has 2 aromatic carbocycles. The van der Waals surface area contributed by atoms with E-state index in [1.807, 2.05) is 18.2 Å². The maximum Gasteiger partial charge on any atom is 0.127 e. The second kappa shape index (κ2) is 5.92. The molecule has 2 rings (SSSR count). The molecule has 0 aliphatic heterocycles. The van der Waals surface area contributed by atoms with Gasteiger partial charge < -0.3 is 15.2 Å². The highest BCUT2D eigenvalue weighted by Crippen LogP contribution is 2.32. The van der Waals surface area contributed by atoms with Gasteiger partial charge in [0.05, 0.1) is 20.3 Å². The van der Waals surface area contributed by atoms with Gasteiger partial charge in [0.2, 0.25) is 0 Å². The molecule has 20 heavy (non-hydrogen) atoms. The summed E-state index contributed by atoms with van der Waals surface area (Å²) >= 11 is 0. The van der Waals surface area contributed by atoms with E-state index in [1.165, 1.54) is 6.07 Å². The third-order valence-electron chi connectivity index (χ3n) is 3.33. The van der Waals surface area contributed by atoms with Crippen molar-refractivity contribution in [1.29, 1.82) is 0 Å². The average Bonchev–Trinajstić information content (AvgIpc) is 2.48. The van der Waals surface area contributed by atoms with Crippen LogP contribution in [0.25, 0.3) is 0 Å². The lowest BCUT2D eigenvalue weighted by Gasteiger charge is -2.17. The number of halogens is 1. The molecule has 3 nitrogen and oxygen atoms in total. The molecule has 0 fully saturated rings. The topological polar surface area (TPSA) is 44.5 Å². The smallest absolute Gasteiger partial charge is 0.127 e. The Balaban J connectivity index is 2.41. The Morgan fingerprint density at radius 2 is 1.80 bits per heavy atom. The van der Waals surface area contributed by atoms with Crippen molar-refractivity contribution >= 4 is 0 Å². The number of hydrogen-bond acceptors (Lipinski definition) is 3. The van der Waals surface area contributed by atoms with Crippen LogP contribution in [-0.2, 0) is 0 Å². The molecular formula is C16H18FNO2. The monoisotopic (exact) mass is 275 g/mol. The number of ether oxygens (including phenoxy) is 2. The van der Waals surface area contributed by atoms with Crippen LogP contribution in [0.5, 0.6) is 11.5 Å². The van der Waals surface area contributed by atoms with Gasteiger partial charge in [-0.2, -0.15) is 0 Å². The normalized spacial score (nSPS) is 12.1. The van der Waals surface area contributed by atoms with Crippen LogP contribution in [0.2, 0.25) is 0 Å². The lowest BCUT2D eigenvalue weighted by Crippen LogP contribution is -2.13. The number of methoxy groups -OCH3 is 2. The fraction of sp³-hybridized carbons (Fsp3) is 0.250. The quantitative estimate of drug-likeness (QED) is 0.932. The minimum Gasteiger partial charge on any atom is -0.497 e.